The molecule has 0 heterocycles. The van der Waals surface area contributed by atoms with Crippen molar-refractivity contribution in [1.82, 2.24) is 0 Å². The number of rotatable bonds is 0. The molecule has 0 saturated heterocycles. The van der Waals surface area contributed by atoms with E-state index in [1.807, 2.05) is 6.92 Å². The first-order valence-electron chi connectivity index (χ1n) is 2.96. The first-order valence-corrected chi connectivity index (χ1v) is 2.96. The molecule has 0 amide bonds. The van der Waals surface area contributed by atoms with Gasteiger partial charge in [0.05, 0.1) is 6.10 Å². The second kappa shape index (κ2) is 1.97. The molecule has 0 fully saturated rings. The van der Waals surface area contributed by atoms with E-state index in [2.05, 4.69) is 0 Å². The average molecular weight is 125 g/mol. The molecule has 0 atom stereocenters. The summed E-state index contributed by atoms with van der Waals surface area (Å²) >= 11 is 0. The van der Waals surface area contributed by atoms with Crippen molar-refractivity contribution < 1.29 is 5.11 Å². The molecule has 0 aromatic rings. The monoisotopic (exact) mass is 125 g/mol. The van der Waals surface area contributed by atoms with E-state index in [1.54, 1.807) is 24.3 Å². The van der Waals surface area contributed by atoms with Gasteiger partial charge < -0.3 is 10.8 Å². The number of nitrogens with two attached hydrogens (primary N) is 1. The van der Waals surface area contributed by atoms with E-state index in [9.17, 15) is 0 Å². The lowest BCUT2D eigenvalue weighted by molar-refractivity contribution is 0.267. The molecule has 50 valence electrons. The van der Waals surface area contributed by atoms with Crippen LogP contribution in [0.3, 0.4) is 0 Å². The predicted octanol–water partition coefficient (Wildman–Crippen LogP) is 0.191. The molecule has 2 heteroatoms. The summed E-state index contributed by atoms with van der Waals surface area (Å²) in [6.07, 6.45) is 6.50. The van der Waals surface area contributed by atoms with E-state index in [0.717, 1.165) is 0 Å². The highest BCUT2D eigenvalue weighted by atomic mass is 16.3. The molecule has 1 rings (SSSR count). The smallest absolute Gasteiger partial charge is 0.0904 e. The molecule has 0 bridgehead atoms. The topological polar surface area (TPSA) is 46.2 Å². The Balaban J connectivity index is 2.70. The molecule has 0 saturated carbocycles. The fraction of sp³-hybridized carbons (Fsp3) is 0.429. The van der Waals surface area contributed by atoms with E-state index in [1.165, 1.54) is 0 Å². The molecule has 0 radical (unpaired) electrons. The number of hydrogen-bond acceptors (Lipinski definition) is 2. The minimum atomic E-state index is -0.443. The van der Waals surface area contributed by atoms with Gasteiger partial charge in [0.25, 0.3) is 0 Å². The molecule has 0 aromatic carbocycles. The van der Waals surface area contributed by atoms with Crippen LogP contribution in [0, 0.1) is 0 Å². The third kappa shape index (κ3) is 1.66. The van der Waals surface area contributed by atoms with Crippen molar-refractivity contribution in [3.05, 3.63) is 24.3 Å². The largest absolute Gasteiger partial charge is 0.385 e. The highest BCUT2D eigenvalue weighted by molar-refractivity contribution is 5.23. The highest BCUT2D eigenvalue weighted by Crippen LogP contribution is 2.10. The van der Waals surface area contributed by atoms with Crippen LogP contribution in [-0.4, -0.2) is 16.7 Å². The average Bonchev–Trinajstić information content (AvgIpc) is 1.78. The standard InChI is InChI=1S/C7H11NO/c1-7(8)4-2-6(9)3-5-7/h2-6,9H,8H2,1H3. The van der Waals surface area contributed by atoms with Gasteiger partial charge in [0.2, 0.25) is 0 Å². The fourth-order valence-corrected chi connectivity index (χ4v) is 0.732. The zero-order valence-corrected chi connectivity index (χ0v) is 5.41. The highest BCUT2D eigenvalue weighted by Gasteiger charge is 2.13. The molecule has 1 aliphatic carbocycles. The summed E-state index contributed by atoms with van der Waals surface area (Å²) in [4.78, 5) is 0. The summed E-state index contributed by atoms with van der Waals surface area (Å²) < 4.78 is 0. The van der Waals surface area contributed by atoms with Gasteiger partial charge in [-0.3, -0.25) is 0 Å². The first kappa shape index (κ1) is 6.52. The van der Waals surface area contributed by atoms with Crippen LogP contribution in [0.25, 0.3) is 0 Å². The van der Waals surface area contributed by atoms with E-state index < -0.39 is 6.10 Å². The van der Waals surface area contributed by atoms with Gasteiger partial charge in [-0.05, 0) is 6.92 Å². The summed E-state index contributed by atoms with van der Waals surface area (Å²) in [5.74, 6) is 0. The molecule has 9 heavy (non-hydrogen) atoms. The van der Waals surface area contributed by atoms with Crippen LogP contribution >= 0.6 is 0 Å². The Labute approximate surface area is 54.7 Å². The van der Waals surface area contributed by atoms with Crippen LogP contribution in [0.4, 0.5) is 0 Å². The zero-order chi connectivity index (χ0) is 6.91. The van der Waals surface area contributed by atoms with Gasteiger partial charge in [-0.2, -0.15) is 0 Å². The van der Waals surface area contributed by atoms with Crippen molar-refractivity contribution in [2.75, 3.05) is 0 Å². The Morgan fingerprint density at radius 1 is 1.44 bits per heavy atom. The van der Waals surface area contributed by atoms with Crippen molar-refractivity contribution in [1.29, 1.82) is 0 Å². The molecule has 3 N–H and O–H groups in total. The molecule has 0 aromatic heterocycles. The van der Waals surface area contributed by atoms with Crippen LogP contribution in [0.15, 0.2) is 24.3 Å². The lowest BCUT2D eigenvalue weighted by Crippen LogP contribution is -2.33. The van der Waals surface area contributed by atoms with Crippen LogP contribution in [0.5, 0.6) is 0 Å². The van der Waals surface area contributed by atoms with Crippen LogP contribution in [0.1, 0.15) is 6.92 Å². The molecular weight excluding hydrogens is 114 g/mol. The Bertz CT molecular complexity index is 142. The van der Waals surface area contributed by atoms with E-state index in [0.29, 0.717) is 0 Å². The summed E-state index contributed by atoms with van der Waals surface area (Å²) in [7, 11) is 0. The molecule has 1 aliphatic rings. The second-order valence-electron chi connectivity index (χ2n) is 2.57. The molecular formula is C7H11NO. The van der Waals surface area contributed by atoms with Gasteiger partial charge in [0, 0.05) is 5.54 Å². The Morgan fingerprint density at radius 2 is 1.89 bits per heavy atom. The van der Waals surface area contributed by atoms with E-state index in [4.69, 9.17) is 10.8 Å². The first-order chi connectivity index (χ1) is 4.10. The van der Waals surface area contributed by atoms with E-state index >= 15 is 0 Å². The number of aliphatic hydroxyl groups excluding tert-OH is 1. The van der Waals surface area contributed by atoms with Crippen molar-refractivity contribution >= 4 is 0 Å². The summed E-state index contributed by atoms with van der Waals surface area (Å²) in [6, 6.07) is 0. The molecule has 0 unspecified atom stereocenters. The number of aliphatic hydroxyl groups is 1. The minimum Gasteiger partial charge on any atom is -0.385 e. The van der Waals surface area contributed by atoms with Crippen molar-refractivity contribution in [3.63, 3.8) is 0 Å². The summed E-state index contributed by atoms with van der Waals surface area (Å²) in [5, 5.41) is 8.91. The van der Waals surface area contributed by atoms with Crippen molar-refractivity contribution in [2.24, 2.45) is 5.73 Å². The van der Waals surface area contributed by atoms with Gasteiger partial charge in [-0.15, -0.1) is 0 Å². The molecule has 0 spiro atoms. The SMILES string of the molecule is CC1(N)C=CC(O)C=C1. The quantitative estimate of drug-likeness (QED) is 0.454. The minimum absolute atomic E-state index is 0.362. The van der Waals surface area contributed by atoms with Gasteiger partial charge in [-0.25, -0.2) is 0 Å². The fourth-order valence-electron chi connectivity index (χ4n) is 0.732. The maximum Gasteiger partial charge on any atom is 0.0904 e. The van der Waals surface area contributed by atoms with Crippen LogP contribution < -0.4 is 5.73 Å². The summed E-state index contributed by atoms with van der Waals surface area (Å²) in [6.45, 7) is 1.88. The van der Waals surface area contributed by atoms with Gasteiger partial charge in [-0.1, -0.05) is 24.3 Å². The predicted molar refractivity (Wildman–Crippen MR) is 36.9 cm³/mol. The Kier molecular flexibility index (Phi) is 1.43. The van der Waals surface area contributed by atoms with Crippen LogP contribution in [0.2, 0.25) is 0 Å². The second-order valence-corrected chi connectivity index (χ2v) is 2.57. The molecule has 0 aliphatic heterocycles. The van der Waals surface area contributed by atoms with Crippen molar-refractivity contribution in [2.45, 2.75) is 18.6 Å². The third-order valence-electron chi connectivity index (χ3n) is 1.31. The molecule has 2 nitrogen and oxygen atoms in total. The maximum atomic E-state index is 8.91. The van der Waals surface area contributed by atoms with Gasteiger partial charge >= 0.3 is 0 Å². The van der Waals surface area contributed by atoms with Crippen molar-refractivity contribution in [3.8, 4) is 0 Å². The van der Waals surface area contributed by atoms with E-state index in [-0.39, 0.29) is 5.54 Å². The lowest BCUT2D eigenvalue weighted by atomic mass is 9.97. The Morgan fingerprint density at radius 3 is 2.22 bits per heavy atom. The lowest BCUT2D eigenvalue weighted by Gasteiger charge is -2.19. The Hall–Kier alpha value is -0.600. The van der Waals surface area contributed by atoms with Crippen LogP contribution in [-0.2, 0) is 0 Å². The summed E-state index contributed by atoms with van der Waals surface area (Å²) in [5.41, 5.74) is 5.29. The number of hydrogen-bond donors (Lipinski definition) is 2. The zero-order valence-electron chi connectivity index (χ0n) is 5.41. The normalized spacial score (nSPS) is 41.4. The third-order valence-corrected chi connectivity index (χ3v) is 1.31. The van der Waals surface area contributed by atoms with Gasteiger partial charge in [0.1, 0.15) is 0 Å². The maximum absolute atomic E-state index is 8.91. The van der Waals surface area contributed by atoms with Gasteiger partial charge in [0.15, 0.2) is 0 Å².